The summed E-state index contributed by atoms with van der Waals surface area (Å²) in [7, 11) is -1.64. The molecular formula is C13H20N2O4S. The summed E-state index contributed by atoms with van der Waals surface area (Å²) >= 11 is 0. The van der Waals surface area contributed by atoms with E-state index in [-0.39, 0.29) is 17.0 Å². The maximum atomic E-state index is 11.6. The van der Waals surface area contributed by atoms with Crippen LogP contribution in [0.5, 0.6) is 0 Å². The number of ether oxygens (including phenoxy) is 1. The van der Waals surface area contributed by atoms with Crippen LogP contribution in [0.3, 0.4) is 0 Å². The Morgan fingerprint density at radius 2 is 1.90 bits per heavy atom. The number of hydrogen-bond donors (Lipinski definition) is 2. The number of rotatable bonds is 6. The van der Waals surface area contributed by atoms with Crippen molar-refractivity contribution in [1.29, 1.82) is 0 Å². The first kappa shape index (κ1) is 16.5. The van der Waals surface area contributed by atoms with Gasteiger partial charge in [-0.3, -0.25) is 0 Å². The van der Waals surface area contributed by atoms with Crippen LogP contribution in [0.2, 0.25) is 0 Å². The number of nitrogens with one attached hydrogen (secondary N) is 2. The maximum Gasteiger partial charge on any atom is 0.315 e. The summed E-state index contributed by atoms with van der Waals surface area (Å²) in [5, 5.41) is 5.41. The van der Waals surface area contributed by atoms with Crippen LogP contribution in [-0.2, 0) is 14.6 Å². The Labute approximate surface area is 119 Å². The average molecular weight is 300 g/mol. The standard InChI is InChI=1S/C13H20N2O4S/c1-10(15-13(16)14-8-9-19-2)11-4-6-12(7-5-11)20(3,17)18/h4-7,10H,8-9H2,1-3H3,(H2,14,15,16). The van der Waals surface area contributed by atoms with Gasteiger partial charge in [-0.15, -0.1) is 0 Å². The summed E-state index contributed by atoms with van der Waals surface area (Å²) in [6, 6.07) is 5.94. The van der Waals surface area contributed by atoms with E-state index in [1.807, 2.05) is 6.92 Å². The molecule has 0 radical (unpaired) electrons. The van der Waals surface area contributed by atoms with Gasteiger partial charge in [0.25, 0.3) is 0 Å². The molecule has 20 heavy (non-hydrogen) atoms. The molecule has 1 rings (SSSR count). The zero-order chi connectivity index (χ0) is 15.2. The molecule has 0 bridgehead atoms. The molecule has 2 amide bonds. The number of benzene rings is 1. The normalized spacial score (nSPS) is 12.8. The highest BCUT2D eigenvalue weighted by molar-refractivity contribution is 7.90. The summed E-state index contributed by atoms with van der Waals surface area (Å²) < 4.78 is 27.5. The van der Waals surface area contributed by atoms with Gasteiger partial charge in [-0.1, -0.05) is 12.1 Å². The molecule has 1 atom stereocenters. The second-order valence-corrected chi connectivity index (χ2v) is 6.47. The van der Waals surface area contributed by atoms with Crippen molar-refractivity contribution in [2.45, 2.75) is 17.9 Å². The van der Waals surface area contributed by atoms with Gasteiger partial charge in [0.1, 0.15) is 0 Å². The molecule has 112 valence electrons. The Morgan fingerprint density at radius 1 is 1.30 bits per heavy atom. The third kappa shape index (κ3) is 5.18. The minimum Gasteiger partial charge on any atom is -0.383 e. The van der Waals surface area contributed by atoms with E-state index < -0.39 is 9.84 Å². The number of carbonyl (C=O) groups excluding carboxylic acids is 1. The lowest BCUT2D eigenvalue weighted by atomic mass is 10.1. The topological polar surface area (TPSA) is 84.5 Å². The molecule has 0 saturated carbocycles. The van der Waals surface area contributed by atoms with Gasteiger partial charge in [0.05, 0.1) is 17.5 Å². The molecule has 0 aliphatic carbocycles. The third-order valence-corrected chi connectivity index (χ3v) is 3.88. The van der Waals surface area contributed by atoms with E-state index in [9.17, 15) is 13.2 Å². The summed E-state index contributed by atoms with van der Waals surface area (Å²) in [5.74, 6) is 0. The van der Waals surface area contributed by atoms with Crippen molar-refractivity contribution < 1.29 is 17.9 Å². The molecule has 0 saturated heterocycles. The van der Waals surface area contributed by atoms with Gasteiger partial charge < -0.3 is 15.4 Å². The highest BCUT2D eigenvalue weighted by atomic mass is 32.2. The SMILES string of the molecule is COCCNC(=O)NC(C)c1ccc(S(C)(=O)=O)cc1. The highest BCUT2D eigenvalue weighted by Gasteiger charge is 2.11. The van der Waals surface area contributed by atoms with Crippen molar-refractivity contribution in [1.82, 2.24) is 10.6 Å². The smallest absolute Gasteiger partial charge is 0.315 e. The molecule has 1 aromatic rings. The lowest BCUT2D eigenvalue weighted by molar-refractivity contribution is 0.195. The van der Waals surface area contributed by atoms with Crippen LogP contribution in [0.15, 0.2) is 29.2 Å². The summed E-state index contributed by atoms with van der Waals surface area (Å²) in [4.78, 5) is 11.8. The van der Waals surface area contributed by atoms with Crippen molar-refractivity contribution in [3.8, 4) is 0 Å². The Morgan fingerprint density at radius 3 is 2.40 bits per heavy atom. The number of methoxy groups -OCH3 is 1. The predicted molar refractivity (Wildman–Crippen MR) is 76.4 cm³/mol. The number of sulfone groups is 1. The summed E-state index contributed by atoms with van der Waals surface area (Å²) in [6.07, 6.45) is 1.16. The first-order chi connectivity index (χ1) is 9.34. The Balaban J connectivity index is 2.60. The average Bonchev–Trinajstić information content (AvgIpc) is 2.38. The second-order valence-electron chi connectivity index (χ2n) is 4.46. The molecule has 0 heterocycles. The zero-order valence-corrected chi connectivity index (χ0v) is 12.7. The maximum absolute atomic E-state index is 11.6. The molecule has 0 aliphatic heterocycles. The molecule has 0 aliphatic rings. The van der Waals surface area contributed by atoms with Gasteiger partial charge in [0, 0.05) is 19.9 Å². The van der Waals surface area contributed by atoms with Gasteiger partial charge in [0.2, 0.25) is 0 Å². The summed E-state index contributed by atoms with van der Waals surface area (Å²) in [5.41, 5.74) is 0.833. The highest BCUT2D eigenvalue weighted by Crippen LogP contribution is 2.15. The van der Waals surface area contributed by atoms with Crippen molar-refractivity contribution in [2.75, 3.05) is 26.5 Å². The van der Waals surface area contributed by atoms with Crippen LogP contribution >= 0.6 is 0 Å². The molecule has 6 nitrogen and oxygen atoms in total. The van der Waals surface area contributed by atoms with E-state index in [2.05, 4.69) is 10.6 Å². The predicted octanol–water partition coefficient (Wildman–Crippen LogP) is 1.10. The van der Waals surface area contributed by atoms with Crippen LogP contribution in [-0.4, -0.2) is 41.0 Å². The van der Waals surface area contributed by atoms with Crippen LogP contribution < -0.4 is 10.6 Å². The molecule has 0 aromatic heterocycles. The number of carbonyl (C=O) groups is 1. The monoisotopic (exact) mass is 300 g/mol. The fourth-order valence-electron chi connectivity index (χ4n) is 1.60. The largest absolute Gasteiger partial charge is 0.383 e. The van der Waals surface area contributed by atoms with E-state index in [0.717, 1.165) is 11.8 Å². The summed E-state index contributed by atoms with van der Waals surface area (Å²) in [6.45, 7) is 2.71. The van der Waals surface area contributed by atoms with Crippen LogP contribution in [0.1, 0.15) is 18.5 Å². The first-order valence-corrected chi connectivity index (χ1v) is 8.07. The zero-order valence-electron chi connectivity index (χ0n) is 11.8. The van der Waals surface area contributed by atoms with Crippen LogP contribution in [0.4, 0.5) is 4.79 Å². The van der Waals surface area contributed by atoms with Crippen LogP contribution in [0, 0.1) is 0 Å². The molecule has 1 aromatic carbocycles. The quantitative estimate of drug-likeness (QED) is 0.770. The van der Waals surface area contributed by atoms with E-state index in [0.29, 0.717) is 13.2 Å². The molecular weight excluding hydrogens is 280 g/mol. The molecule has 2 N–H and O–H groups in total. The number of urea groups is 1. The van der Waals surface area contributed by atoms with Gasteiger partial charge in [-0.05, 0) is 24.6 Å². The number of hydrogen-bond acceptors (Lipinski definition) is 4. The van der Waals surface area contributed by atoms with Gasteiger partial charge in [-0.2, -0.15) is 0 Å². The minimum absolute atomic E-state index is 0.217. The Kier molecular flexibility index (Phi) is 5.97. The molecule has 0 fully saturated rings. The third-order valence-electron chi connectivity index (χ3n) is 2.75. The van der Waals surface area contributed by atoms with Gasteiger partial charge in [-0.25, -0.2) is 13.2 Å². The van der Waals surface area contributed by atoms with Crippen molar-refractivity contribution in [2.24, 2.45) is 0 Å². The fourth-order valence-corrected chi connectivity index (χ4v) is 2.23. The van der Waals surface area contributed by atoms with E-state index in [1.165, 1.54) is 12.1 Å². The van der Waals surface area contributed by atoms with E-state index >= 15 is 0 Å². The minimum atomic E-state index is -3.20. The van der Waals surface area contributed by atoms with E-state index in [4.69, 9.17) is 4.74 Å². The lowest BCUT2D eigenvalue weighted by Crippen LogP contribution is -2.38. The van der Waals surface area contributed by atoms with Crippen LogP contribution in [0.25, 0.3) is 0 Å². The molecule has 0 spiro atoms. The fraction of sp³-hybridized carbons (Fsp3) is 0.462. The Hall–Kier alpha value is -1.60. The van der Waals surface area contributed by atoms with E-state index in [1.54, 1.807) is 19.2 Å². The number of amides is 2. The Bertz CT molecular complexity index is 540. The molecule has 1 unspecified atom stereocenters. The molecule has 7 heteroatoms. The van der Waals surface area contributed by atoms with Gasteiger partial charge in [0.15, 0.2) is 9.84 Å². The van der Waals surface area contributed by atoms with Crippen molar-refractivity contribution in [3.05, 3.63) is 29.8 Å². The van der Waals surface area contributed by atoms with Crippen molar-refractivity contribution >= 4 is 15.9 Å². The first-order valence-electron chi connectivity index (χ1n) is 6.18. The second kappa shape index (κ2) is 7.25. The van der Waals surface area contributed by atoms with Crippen molar-refractivity contribution in [3.63, 3.8) is 0 Å². The van der Waals surface area contributed by atoms with Gasteiger partial charge >= 0.3 is 6.03 Å². The lowest BCUT2D eigenvalue weighted by Gasteiger charge is -2.15.